The molecule has 5 nitrogen and oxygen atoms in total. The minimum absolute atomic E-state index is 0.170. The van der Waals surface area contributed by atoms with Crippen LogP contribution in [0.4, 0.5) is 5.69 Å². The van der Waals surface area contributed by atoms with E-state index in [1.165, 1.54) is 0 Å². The summed E-state index contributed by atoms with van der Waals surface area (Å²) < 4.78 is 12.0. The second kappa shape index (κ2) is 8.32. The fourth-order valence-electron chi connectivity index (χ4n) is 3.92. The molecule has 1 N–H and O–H groups in total. The van der Waals surface area contributed by atoms with Gasteiger partial charge in [-0.3, -0.25) is 0 Å². The zero-order chi connectivity index (χ0) is 21.3. The first kappa shape index (κ1) is 20.8. The third-order valence-corrected chi connectivity index (χ3v) is 6.11. The Morgan fingerprint density at radius 2 is 2.10 bits per heavy atom. The lowest BCUT2D eigenvalue weighted by atomic mass is 9.81. The number of piperazine rings is 1. The lowest BCUT2D eigenvalue weighted by Crippen LogP contribution is -2.58. The number of ether oxygens (including phenoxy) is 2. The van der Waals surface area contributed by atoms with E-state index in [9.17, 15) is 0 Å². The molecule has 0 amide bonds. The topological polar surface area (TPSA) is 46.1 Å². The maximum Gasteiger partial charge on any atom is 0.153 e. The summed E-state index contributed by atoms with van der Waals surface area (Å²) in [6.07, 6.45) is 0. The smallest absolute Gasteiger partial charge is 0.153 e. The largest absolute Gasteiger partial charge is 0.498 e. The van der Waals surface area contributed by atoms with Gasteiger partial charge in [0.2, 0.25) is 0 Å². The summed E-state index contributed by atoms with van der Waals surface area (Å²) in [5.74, 6) is 3.20. The molecule has 1 atom stereocenters. The number of hydrogen-bond donors (Lipinski definition) is 1. The van der Waals surface area contributed by atoms with Crippen LogP contribution in [0.3, 0.4) is 0 Å². The van der Waals surface area contributed by atoms with Gasteiger partial charge in [-0.1, -0.05) is 44.2 Å². The molecule has 0 aliphatic carbocycles. The molecular formula is C24H28ClN3O2. The Balaban J connectivity index is 1.72. The number of nitrogens with zero attached hydrogens (tertiary/aromatic N) is 2. The molecule has 0 radical (unpaired) electrons. The zero-order valence-corrected chi connectivity index (χ0v) is 18.5. The molecule has 0 bridgehead atoms. The van der Waals surface area contributed by atoms with Crippen LogP contribution in [-0.2, 0) is 4.74 Å². The summed E-state index contributed by atoms with van der Waals surface area (Å²) in [6, 6.07) is 13.8. The molecule has 2 aromatic carbocycles. The number of benzene rings is 2. The first-order valence-electron chi connectivity index (χ1n) is 10.4. The predicted molar refractivity (Wildman–Crippen MR) is 122 cm³/mol. The van der Waals surface area contributed by atoms with E-state index in [1.807, 2.05) is 43.3 Å². The average Bonchev–Trinajstić information content (AvgIpc) is 2.90. The van der Waals surface area contributed by atoms with Crippen LogP contribution in [0.1, 0.15) is 26.3 Å². The van der Waals surface area contributed by atoms with Crippen molar-refractivity contribution in [2.45, 2.75) is 26.8 Å². The number of amidine groups is 1. The molecule has 0 saturated carbocycles. The van der Waals surface area contributed by atoms with Crippen LogP contribution >= 0.6 is 11.6 Å². The molecule has 2 aliphatic heterocycles. The average molecular weight is 426 g/mol. The van der Waals surface area contributed by atoms with Gasteiger partial charge < -0.3 is 19.7 Å². The minimum Gasteiger partial charge on any atom is -0.498 e. The normalized spacial score (nSPS) is 18.5. The Morgan fingerprint density at radius 3 is 2.90 bits per heavy atom. The van der Waals surface area contributed by atoms with Gasteiger partial charge in [0.15, 0.2) is 5.75 Å². The zero-order valence-electron chi connectivity index (χ0n) is 17.7. The van der Waals surface area contributed by atoms with Gasteiger partial charge in [-0.05, 0) is 37.3 Å². The highest BCUT2D eigenvalue weighted by Gasteiger charge is 2.38. The van der Waals surface area contributed by atoms with Crippen LogP contribution in [0.2, 0.25) is 5.02 Å². The van der Waals surface area contributed by atoms with Crippen molar-refractivity contribution in [3.8, 4) is 11.5 Å². The number of hydrogen-bond acceptors (Lipinski definition) is 5. The molecular weight excluding hydrogens is 398 g/mol. The molecule has 1 unspecified atom stereocenters. The van der Waals surface area contributed by atoms with Gasteiger partial charge in [0.1, 0.15) is 17.3 Å². The highest BCUT2D eigenvalue weighted by atomic mass is 35.5. The third-order valence-electron chi connectivity index (χ3n) is 5.88. The highest BCUT2D eigenvalue weighted by Crippen LogP contribution is 2.40. The Hall–Kier alpha value is -2.50. The molecule has 6 heteroatoms. The van der Waals surface area contributed by atoms with Crippen molar-refractivity contribution < 1.29 is 9.47 Å². The van der Waals surface area contributed by atoms with Gasteiger partial charge in [0, 0.05) is 36.1 Å². The minimum atomic E-state index is -0.225. The summed E-state index contributed by atoms with van der Waals surface area (Å²) >= 11 is 6.25. The van der Waals surface area contributed by atoms with Crippen LogP contribution < -0.4 is 10.1 Å². The lowest BCUT2D eigenvalue weighted by Gasteiger charge is -2.43. The van der Waals surface area contributed by atoms with Crippen LogP contribution in [0.15, 0.2) is 59.8 Å². The van der Waals surface area contributed by atoms with E-state index in [0.717, 1.165) is 48.2 Å². The molecule has 2 aliphatic rings. The first-order chi connectivity index (χ1) is 14.4. The van der Waals surface area contributed by atoms with Crippen molar-refractivity contribution in [1.82, 2.24) is 10.2 Å². The van der Waals surface area contributed by atoms with Gasteiger partial charge in [0.05, 0.1) is 17.9 Å². The summed E-state index contributed by atoms with van der Waals surface area (Å²) in [6.45, 7) is 13.6. The van der Waals surface area contributed by atoms with Crippen molar-refractivity contribution in [3.05, 3.63) is 65.4 Å². The van der Waals surface area contributed by atoms with Crippen molar-refractivity contribution in [2.24, 2.45) is 10.4 Å². The molecule has 2 aromatic rings. The van der Waals surface area contributed by atoms with Crippen LogP contribution in [0, 0.1) is 5.41 Å². The van der Waals surface area contributed by atoms with E-state index >= 15 is 0 Å². The molecule has 158 valence electrons. The monoisotopic (exact) mass is 425 g/mol. The van der Waals surface area contributed by atoms with E-state index in [4.69, 9.17) is 26.1 Å². The number of nitrogens with one attached hydrogen (secondary N) is 1. The van der Waals surface area contributed by atoms with Crippen molar-refractivity contribution in [1.29, 1.82) is 0 Å². The Morgan fingerprint density at radius 1 is 1.30 bits per heavy atom. The van der Waals surface area contributed by atoms with E-state index in [2.05, 4.69) is 36.7 Å². The molecule has 4 rings (SSSR count). The molecule has 0 aromatic heterocycles. The van der Waals surface area contributed by atoms with Crippen molar-refractivity contribution in [2.75, 3.05) is 26.2 Å². The van der Waals surface area contributed by atoms with E-state index in [0.29, 0.717) is 17.4 Å². The Labute approximate surface area is 183 Å². The molecule has 2 heterocycles. The van der Waals surface area contributed by atoms with Gasteiger partial charge in [-0.25, -0.2) is 4.99 Å². The predicted octanol–water partition coefficient (Wildman–Crippen LogP) is 5.37. The Bertz CT molecular complexity index is 986. The lowest BCUT2D eigenvalue weighted by molar-refractivity contribution is 0.105. The molecule has 30 heavy (non-hydrogen) atoms. The Kier molecular flexibility index (Phi) is 5.76. The number of aliphatic imine (C=N–C) groups is 1. The first-order valence-corrected chi connectivity index (χ1v) is 10.7. The number of rotatable bonds is 4. The van der Waals surface area contributed by atoms with E-state index in [1.54, 1.807) is 0 Å². The van der Waals surface area contributed by atoms with Crippen LogP contribution in [0.25, 0.3) is 0 Å². The van der Waals surface area contributed by atoms with Gasteiger partial charge in [0.25, 0.3) is 0 Å². The summed E-state index contributed by atoms with van der Waals surface area (Å²) in [5, 5.41) is 4.28. The van der Waals surface area contributed by atoms with Crippen molar-refractivity contribution in [3.63, 3.8) is 0 Å². The van der Waals surface area contributed by atoms with Gasteiger partial charge in [-0.15, -0.1) is 0 Å². The molecule has 1 saturated heterocycles. The number of fused-ring (bicyclic) bond motifs is 2. The molecule has 1 fully saturated rings. The van der Waals surface area contributed by atoms with Gasteiger partial charge in [-0.2, -0.15) is 0 Å². The van der Waals surface area contributed by atoms with E-state index < -0.39 is 0 Å². The molecule has 0 spiro atoms. The van der Waals surface area contributed by atoms with E-state index in [-0.39, 0.29) is 11.5 Å². The summed E-state index contributed by atoms with van der Waals surface area (Å²) in [7, 11) is 0. The number of para-hydroxylation sites is 1. The summed E-state index contributed by atoms with van der Waals surface area (Å²) in [4.78, 5) is 7.33. The van der Waals surface area contributed by atoms with Gasteiger partial charge >= 0.3 is 0 Å². The third kappa shape index (κ3) is 3.92. The highest BCUT2D eigenvalue weighted by molar-refractivity contribution is 6.31. The fraction of sp³-hybridized carbons (Fsp3) is 0.375. The number of halogens is 1. The van der Waals surface area contributed by atoms with Crippen molar-refractivity contribution >= 4 is 23.1 Å². The van der Waals surface area contributed by atoms with Crippen LogP contribution in [0.5, 0.6) is 11.5 Å². The quantitative estimate of drug-likeness (QED) is 0.668. The standard InChI is InChI=1S/C24H28ClN3O2/c1-5-29-16(2)24(3,4)22-15-28(13-12-26-22)23-18-8-6-7-9-20(18)30-21-11-10-17(25)14-19(21)27-23/h6-11,14,22,26H,2,5,12-13,15H2,1,3-4H3. The summed E-state index contributed by atoms with van der Waals surface area (Å²) in [5.41, 5.74) is 1.49. The second-order valence-electron chi connectivity index (χ2n) is 8.18. The van der Waals surface area contributed by atoms with Crippen LogP contribution in [-0.4, -0.2) is 43.0 Å². The maximum atomic E-state index is 6.25. The maximum absolute atomic E-state index is 6.25. The SMILES string of the molecule is C=C(OCC)C(C)(C)C1CN(C2=Nc3cc(Cl)ccc3Oc3ccccc32)CCN1. The fourth-order valence-corrected chi connectivity index (χ4v) is 4.09. The second-order valence-corrected chi connectivity index (χ2v) is 8.61.